The monoisotopic (exact) mass is 308 g/mol. The third kappa shape index (κ3) is 3.59. The summed E-state index contributed by atoms with van der Waals surface area (Å²) in [6, 6.07) is 7.16. The van der Waals surface area contributed by atoms with Gasteiger partial charge in [0.1, 0.15) is 10.8 Å². The average molecular weight is 308 g/mol. The maximum absolute atomic E-state index is 12.9. The van der Waals surface area contributed by atoms with Crippen LogP contribution in [0.1, 0.15) is 18.5 Å². The summed E-state index contributed by atoms with van der Waals surface area (Å²) in [5.74, 6) is 2.31. The number of halogens is 1. The Kier molecular flexibility index (Phi) is 4.70. The zero-order chi connectivity index (χ0) is 13.8. The molecule has 1 fully saturated rings. The van der Waals surface area contributed by atoms with E-state index in [1.165, 1.54) is 36.5 Å². The highest BCUT2D eigenvalue weighted by Crippen LogP contribution is 2.24. The summed E-state index contributed by atoms with van der Waals surface area (Å²) >= 11 is 3.66. The van der Waals surface area contributed by atoms with Crippen LogP contribution in [0.5, 0.6) is 0 Å². The van der Waals surface area contributed by atoms with Crippen molar-refractivity contribution in [3.05, 3.63) is 41.2 Å². The molecule has 0 spiro atoms. The van der Waals surface area contributed by atoms with Crippen molar-refractivity contribution in [2.24, 2.45) is 0 Å². The van der Waals surface area contributed by atoms with Gasteiger partial charge in [-0.15, -0.1) is 11.3 Å². The van der Waals surface area contributed by atoms with Crippen molar-refractivity contribution in [2.45, 2.75) is 25.4 Å². The molecule has 1 N–H and O–H groups in total. The normalized spacial score (nSPS) is 16.4. The lowest BCUT2D eigenvalue weighted by Gasteiger charge is -2.22. The fourth-order valence-corrected chi connectivity index (χ4v) is 4.20. The second kappa shape index (κ2) is 6.70. The van der Waals surface area contributed by atoms with Crippen LogP contribution < -0.4 is 5.32 Å². The molecule has 2 aromatic rings. The lowest BCUT2D eigenvalue weighted by molar-refractivity contribution is 0.479. The molecular weight excluding hydrogens is 291 g/mol. The number of nitrogens with one attached hydrogen (secondary N) is 1. The Labute approximate surface area is 126 Å². The molecule has 1 saturated heterocycles. The van der Waals surface area contributed by atoms with Gasteiger partial charge in [-0.2, -0.15) is 11.8 Å². The van der Waals surface area contributed by atoms with Gasteiger partial charge in [0, 0.05) is 23.5 Å². The first-order chi connectivity index (χ1) is 9.81. The van der Waals surface area contributed by atoms with Crippen LogP contribution in [0.15, 0.2) is 29.6 Å². The highest BCUT2D eigenvalue weighted by atomic mass is 32.2. The van der Waals surface area contributed by atoms with Gasteiger partial charge in [-0.3, -0.25) is 0 Å². The minimum Gasteiger partial charge on any atom is -0.308 e. The fraction of sp³-hybridized carbons (Fsp3) is 0.400. The molecule has 3 rings (SSSR count). The van der Waals surface area contributed by atoms with Crippen molar-refractivity contribution in [3.63, 3.8) is 0 Å². The van der Waals surface area contributed by atoms with E-state index in [1.807, 2.05) is 11.8 Å². The molecule has 1 aromatic carbocycles. The molecule has 2 nitrogen and oxygen atoms in total. The van der Waals surface area contributed by atoms with Gasteiger partial charge >= 0.3 is 0 Å². The van der Waals surface area contributed by atoms with Gasteiger partial charge in [0.25, 0.3) is 0 Å². The molecule has 5 heteroatoms. The predicted octanol–water partition coefficient (Wildman–Crippen LogP) is 3.93. The molecule has 106 valence electrons. The van der Waals surface area contributed by atoms with Gasteiger partial charge in [-0.05, 0) is 48.6 Å². The van der Waals surface area contributed by atoms with E-state index in [9.17, 15) is 4.39 Å². The van der Waals surface area contributed by atoms with Crippen molar-refractivity contribution < 1.29 is 4.39 Å². The molecule has 0 radical (unpaired) electrons. The maximum Gasteiger partial charge on any atom is 0.123 e. The highest BCUT2D eigenvalue weighted by molar-refractivity contribution is 7.99. The zero-order valence-electron chi connectivity index (χ0n) is 11.1. The molecule has 0 saturated carbocycles. The van der Waals surface area contributed by atoms with Crippen LogP contribution in [0.25, 0.3) is 10.6 Å². The highest BCUT2D eigenvalue weighted by Gasteiger charge is 2.13. The molecule has 0 bridgehead atoms. The van der Waals surface area contributed by atoms with Crippen LogP contribution in [0.2, 0.25) is 0 Å². The smallest absolute Gasteiger partial charge is 0.123 e. The Hall–Kier alpha value is -0.910. The van der Waals surface area contributed by atoms with Crippen molar-refractivity contribution >= 4 is 23.1 Å². The molecule has 0 unspecified atom stereocenters. The molecule has 20 heavy (non-hydrogen) atoms. The van der Waals surface area contributed by atoms with Crippen molar-refractivity contribution in [1.29, 1.82) is 0 Å². The zero-order valence-corrected chi connectivity index (χ0v) is 12.8. The molecule has 1 aromatic heterocycles. The van der Waals surface area contributed by atoms with Crippen LogP contribution in [0, 0.1) is 5.82 Å². The Morgan fingerprint density at radius 3 is 2.70 bits per heavy atom. The number of hydrogen-bond donors (Lipinski definition) is 1. The van der Waals surface area contributed by atoms with Crippen LogP contribution in [0.3, 0.4) is 0 Å². The van der Waals surface area contributed by atoms with E-state index >= 15 is 0 Å². The molecule has 1 aliphatic heterocycles. The SMILES string of the molecule is Fc1ccc(-c2nc(CNC3CCSCC3)cs2)cc1. The van der Waals surface area contributed by atoms with Crippen LogP contribution in [-0.2, 0) is 6.54 Å². The third-order valence-corrected chi connectivity index (χ3v) is 5.43. The molecule has 0 aliphatic carbocycles. The minimum absolute atomic E-state index is 0.206. The third-order valence-electron chi connectivity index (χ3n) is 3.44. The summed E-state index contributed by atoms with van der Waals surface area (Å²) in [4.78, 5) is 4.62. The van der Waals surface area contributed by atoms with Gasteiger partial charge in [0.15, 0.2) is 0 Å². The summed E-state index contributed by atoms with van der Waals surface area (Å²) in [5, 5.41) is 6.63. The summed E-state index contributed by atoms with van der Waals surface area (Å²) in [5.41, 5.74) is 2.06. The van der Waals surface area contributed by atoms with E-state index in [2.05, 4.69) is 15.7 Å². The second-order valence-corrected chi connectivity index (χ2v) is 7.00. The largest absolute Gasteiger partial charge is 0.308 e. The topological polar surface area (TPSA) is 24.9 Å². The molecule has 0 atom stereocenters. The van der Waals surface area contributed by atoms with Crippen molar-refractivity contribution in [3.8, 4) is 10.6 Å². The van der Waals surface area contributed by atoms with Gasteiger partial charge in [-0.1, -0.05) is 0 Å². The van der Waals surface area contributed by atoms with Gasteiger partial charge in [0.05, 0.1) is 5.69 Å². The Bertz CT molecular complexity index is 547. The first kappa shape index (κ1) is 14.0. The lowest BCUT2D eigenvalue weighted by atomic mass is 10.1. The molecular formula is C15H17FN2S2. The Morgan fingerprint density at radius 2 is 1.95 bits per heavy atom. The van der Waals surface area contributed by atoms with E-state index in [-0.39, 0.29) is 5.82 Å². The van der Waals surface area contributed by atoms with E-state index in [0.29, 0.717) is 6.04 Å². The summed E-state index contributed by atoms with van der Waals surface area (Å²) in [6.07, 6.45) is 2.50. The number of aromatic nitrogens is 1. The minimum atomic E-state index is -0.206. The van der Waals surface area contributed by atoms with Gasteiger partial charge in [0.2, 0.25) is 0 Å². The van der Waals surface area contributed by atoms with Gasteiger partial charge < -0.3 is 5.32 Å². The van der Waals surface area contributed by atoms with Crippen molar-refractivity contribution in [2.75, 3.05) is 11.5 Å². The predicted molar refractivity (Wildman–Crippen MR) is 84.7 cm³/mol. The van der Waals surface area contributed by atoms with Crippen LogP contribution in [-0.4, -0.2) is 22.5 Å². The Balaban J connectivity index is 1.60. The second-order valence-electron chi connectivity index (χ2n) is 4.92. The van der Waals surface area contributed by atoms with Crippen molar-refractivity contribution in [1.82, 2.24) is 10.3 Å². The molecule has 0 amide bonds. The average Bonchev–Trinajstić information content (AvgIpc) is 2.96. The maximum atomic E-state index is 12.9. The fourth-order valence-electron chi connectivity index (χ4n) is 2.26. The number of hydrogen-bond acceptors (Lipinski definition) is 4. The quantitative estimate of drug-likeness (QED) is 0.926. The van der Waals surface area contributed by atoms with E-state index in [4.69, 9.17) is 0 Å². The van der Waals surface area contributed by atoms with Crippen LogP contribution in [0.4, 0.5) is 4.39 Å². The standard InChI is InChI=1S/C15H17FN2S2/c16-12-3-1-11(2-4-12)15-18-14(10-20-15)9-17-13-5-7-19-8-6-13/h1-4,10,13,17H,5-9H2. The Morgan fingerprint density at radius 1 is 1.20 bits per heavy atom. The summed E-state index contributed by atoms with van der Waals surface area (Å²) < 4.78 is 12.9. The first-order valence-electron chi connectivity index (χ1n) is 6.83. The number of nitrogens with zero attached hydrogens (tertiary/aromatic N) is 1. The number of thiazole rings is 1. The summed E-state index contributed by atoms with van der Waals surface area (Å²) in [7, 11) is 0. The van der Waals surface area contributed by atoms with E-state index in [0.717, 1.165) is 22.8 Å². The van der Waals surface area contributed by atoms with E-state index in [1.54, 1.807) is 23.5 Å². The lowest BCUT2D eigenvalue weighted by Crippen LogP contribution is -2.32. The molecule has 1 aliphatic rings. The van der Waals surface area contributed by atoms with E-state index < -0.39 is 0 Å². The molecule has 2 heterocycles. The summed E-state index contributed by atoms with van der Waals surface area (Å²) in [6.45, 7) is 0.826. The number of thioether (sulfide) groups is 1. The number of benzene rings is 1. The number of rotatable bonds is 4. The van der Waals surface area contributed by atoms with Crippen LogP contribution >= 0.6 is 23.1 Å². The first-order valence-corrected chi connectivity index (χ1v) is 8.86. The van der Waals surface area contributed by atoms with Gasteiger partial charge in [-0.25, -0.2) is 9.37 Å².